The number of fused-ring (bicyclic) bond motifs is 1. The van der Waals surface area contributed by atoms with Gasteiger partial charge in [0, 0.05) is 23.3 Å². The molecule has 7 heteroatoms. The molecular formula is C26H23N3O4. The number of benzene rings is 3. The summed E-state index contributed by atoms with van der Waals surface area (Å²) in [6, 6.07) is 19.0. The van der Waals surface area contributed by atoms with Gasteiger partial charge in [0.15, 0.2) is 23.0 Å². The van der Waals surface area contributed by atoms with E-state index in [0.29, 0.717) is 45.5 Å². The number of hydrogen-bond acceptors (Lipinski definition) is 7. The fraction of sp³-hybridized carbons (Fsp3) is 0.154. The SMILES string of the molecule is COc1cc2ncc(C#N)c(Nc3ccc(Oc4c(C)cccc4OC)cc3)c2cc1OC. The molecule has 33 heavy (non-hydrogen) atoms. The molecule has 0 aliphatic carbocycles. The van der Waals surface area contributed by atoms with E-state index in [2.05, 4.69) is 16.4 Å². The molecule has 0 radical (unpaired) electrons. The highest BCUT2D eigenvalue weighted by Gasteiger charge is 2.14. The average molecular weight is 441 g/mol. The highest BCUT2D eigenvalue weighted by Crippen LogP contribution is 2.38. The molecule has 0 amide bonds. The summed E-state index contributed by atoms with van der Waals surface area (Å²) in [5, 5.41) is 13.7. The van der Waals surface area contributed by atoms with Gasteiger partial charge >= 0.3 is 0 Å². The Bertz CT molecular complexity index is 1340. The molecule has 0 aliphatic heterocycles. The van der Waals surface area contributed by atoms with Gasteiger partial charge in [0.1, 0.15) is 11.8 Å². The highest BCUT2D eigenvalue weighted by molar-refractivity contribution is 5.97. The molecule has 166 valence electrons. The summed E-state index contributed by atoms with van der Waals surface area (Å²) >= 11 is 0. The van der Waals surface area contributed by atoms with E-state index in [1.165, 1.54) is 0 Å². The zero-order valence-electron chi connectivity index (χ0n) is 18.8. The van der Waals surface area contributed by atoms with Crippen molar-refractivity contribution in [2.75, 3.05) is 26.6 Å². The van der Waals surface area contributed by atoms with Crippen LogP contribution in [-0.2, 0) is 0 Å². The molecule has 4 rings (SSSR count). The van der Waals surface area contributed by atoms with Gasteiger partial charge in [-0.2, -0.15) is 5.26 Å². The summed E-state index contributed by atoms with van der Waals surface area (Å²) < 4.78 is 22.3. The van der Waals surface area contributed by atoms with Crippen molar-refractivity contribution in [3.8, 4) is 34.8 Å². The minimum atomic E-state index is 0.416. The monoisotopic (exact) mass is 441 g/mol. The molecule has 0 aliphatic rings. The quantitative estimate of drug-likeness (QED) is 0.378. The summed E-state index contributed by atoms with van der Waals surface area (Å²) in [6.07, 6.45) is 1.54. The van der Waals surface area contributed by atoms with E-state index in [1.54, 1.807) is 33.6 Å². The van der Waals surface area contributed by atoms with Crippen LogP contribution in [0.2, 0.25) is 0 Å². The van der Waals surface area contributed by atoms with E-state index in [9.17, 15) is 5.26 Å². The topological polar surface area (TPSA) is 85.6 Å². The number of rotatable bonds is 7. The third-order valence-electron chi connectivity index (χ3n) is 5.23. The third kappa shape index (κ3) is 4.32. The van der Waals surface area contributed by atoms with Crippen LogP contribution < -0.4 is 24.3 Å². The maximum Gasteiger partial charge on any atom is 0.172 e. The molecule has 1 aromatic heterocycles. The maximum absolute atomic E-state index is 9.65. The van der Waals surface area contributed by atoms with E-state index in [4.69, 9.17) is 18.9 Å². The molecule has 0 bridgehead atoms. The lowest BCUT2D eigenvalue weighted by Crippen LogP contribution is -1.99. The van der Waals surface area contributed by atoms with Crippen LogP contribution in [0.5, 0.6) is 28.7 Å². The van der Waals surface area contributed by atoms with E-state index in [0.717, 1.165) is 16.6 Å². The van der Waals surface area contributed by atoms with E-state index in [-0.39, 0.29) is 0 Å². The van der Waals surface area contributed by atoms with Gasteiger partial charge < -0.3 is 24.3 Å². The Hall–Kier alpha value is -4.44. The lowest BCUT2D eigenvalue weighted by atomic mass is 10.1. The van der Waals surface area contributed by atoms with Gasteiger partial charge in [-0.3, -0.25) is 4.98 Å². The zero-order valence-corrected chi connectivity index (χ0v) is 18.8. The third-order valence-corrected chi connectivity index (χ3v) is 5.23. The fourth-order valence-corrected chi connectivity index (χ4v) is 3.52. The van der Waals surface area contributed by atoms with Gasteiger partial charge in [-0.1, -0.05) is 12.1 Å². The van der Waals surface area contributed by atoms with Crippen molar-refractivity contribution in [1.82, 2.24) is 4.98 Å². The predicted octanol–water partition coefficient (Wildman–Crippen LogP) is 5.98. The number of aromatic nitrogens is 1. The van der Waals surface area contributed by atoms with Gasteiger partial charge in [-0.25, -0.2) is 0 Å². The van der Waals surface area contributed by atoms with Crippen LogP contribution in [0.4, 0.5) is 11.4 Å². The van der Waals surface area contributed by atoms with E-state index < -0.39 is 0 Å². The van der Waals surface area contributed by atoms with Crippen molar-refractivity contribution < 1.29 is 18.9 Å². The second-order valence-corrected chi connectivity index (χ2v) is 7.24. The lowest BCUT2D eigenvalue weighted by Gasteiger charge is -2.15. The highest BCUT2D eigenvalue weighted by atomic mass is 16.5. The average Bonchev–Trinajstić information content (AvgIpc) is 2.85. The van der Waals surface area contributed by atoms with Gasteiger partial charge in [0.2, 0.25) is 0 Å². The molecule has 1 heterocycles. The van der Waals surface area contributed by atoms with Gasteiger partial charge in [0.25, 0.3) is 0 Å². The number of nitrogens with one attached hydrogen (secondary N) is 1. The first kappa shape index (κ1) is 21.8. The van der Waals surface area contributed by atoms with Gasteiger partial charge in [-0.15, -0.1) is 0 Å². The van der Waals surface area contributed by atoms with Crippen LogP contribution >= 0.6 is 0 Å². The number of ether oxygens (including phenoxy) is 4. The van der Waals surface area contributed by atoms with Crippen LogP contribution in [0.3, 0.4) is 0 Å². The molecular weight excluding hydrogens is 418 g/mol. The molecule has 0 saturated heterocycles. The second-order valence-electron chi connectivity index (χ2n) is 7.24. The maximum atomic E-state index is 9.65. The van der Waals surface area contributed by atoms with Crippen LogP contribution in [0, 0.1) is 18.3 Å². The van der Waals surface area contributed by atoms with Crippen LogP contribution in [0.1, 0.15) is 11.1 Å². The number of nitrogens with zero attached hydrogens (tertiary/aromatic N) is 2. The molecule has 7 nitrogen and oxygen atoms in total. The normalized spacial score (nSPS) is 10.4. The largest absolute Gasteiger partial charge is 0.493 e. The van der Waals surface area contributed by atoms with Gasteiger partial charge in [-0.05, 0) is 48.9 Å². The molecule has 4 aromatic rings. The molecule has 0 unspecified atom stereocenters. The molecule has 0 fully saturated rings. The molecule has 0 saturated carbocycles. The van der Waals surface area contributed by atoms with Crippen molar-refractivity contribution >= 4 is 22.3 Å². The molecule has 0 spiro atoms. The van der Waals surface area contributed by atoms with Crippen molar-refractivity contribution in [2.45, 2.75) is 6.92 Å². The summed E-state index contributed by atoms with van der Waals surface area (Å²) in [6.45, 7) is 1.97. The van der Waals surface area contributed by atoms with Crippen molar-refractivity contribution in [2.24, 2.45) is 0 Å². The van der Waals surface area contributed by atoms with Crippen molar-refractivity contribution in [3.05, 3.63) is 71.9 Å². The summed E-state index contributed by atoms with van der Waals surface area (Å²) in [7, 11) is 4.76. The summed E-state index contributed by atoms with van der Waals surface area (Å²) in [4.78, 5) is 4.39. The molecule has 3 aromatic carbocycles. The first-order valence-corrected chi connectivity index (χ1v) is 10.2. The number of methoxy groups -OCH3 is 3. The van der Waals surface area contributed by atoms with Crippen LogP contribution in [0.15, 0.2) is 60.8 Å². The summed E-state index contributed by atoms with van der Waals surface area (Å²) in [5.41, 5.74) is 3.50. The zero-order chi connectivity index (χ0) is 23.4. The minimum absolute atomic E-state index is 0.416. The molecule has 1 N–H and O–H groups in total. The number of hydrogen-bond donors (Lipinski definition) is 1. The Morgan fingerprint density at radius 1 is 0.879 bits per heavy atom. The van der Waals surface area contributed by atoms with Crippen molar-refractivity contribution in [3.63, 3.8) is 0 Å². The van der Waals surface area contributed by atoms with Crippen LogP contribution in [0.25, 0.3) is 10.9 Å². The first-order valence-electron chi connectivity index (χ1n) is 10.2. The van der Waals surface area contributed by atoms with Gasteiger partial charge in [0.05, 0.1) is 38.1 Å². The number of para-hydroxylation sites is 1. The second kappa shape index (κ2) is 9.37. The van der Waals surface area contributed by atoms with Crippen LogP contribution in [-0.4, -0.2) is 26.3 Å². The fourth-order valence-electron chi connectivity index (χ4n) is 3.52. The smallest absolute Gasteiger partial charge is 0.172 e. The minimum Gasteiger partial charge on any atom is -0.493 e. The Morgan fingerprint density at radius 2 is 1.58 bits per heavy atom. The Kier molecular flexibility index (Phi) is 6.18. The Balaban J connectivity index is 1.67. The first-order chi connectivity index (χ1) is 16.1. The number of nitriles is 1. The predicted molar refractivity (Wildman–Crippen MR) is 127 cm³/mol. The molecule has 0 atom stereocenters. The Labute approximate surface area is 192 Å². The lowest BCUT2D eigenvalue weighted by molar-refractivity contribution is 0.356. The van der Waals surface area contributed by atoms with Crippen molar-refractivity contribution in [1.29, 1.82) is 5.26 Å². The van der Waals surface area contributed by atoms with E-state index in [1.807, 2.05) is 55.5 Å². The number of pyridine rings is 1. The van der Waals surface area contributed by atoms with E-state index >= 15 is 0 Å². The standard InChI is InChI=1S/C26H23N3O4/c1-16-6-5-7-22(30-2)26(16)33-19-10-8-18(9-11-19)29-25-17(14-27)15-28-21-13-24(32-4)23(31-3)12-20(21)25/h5-13,15H,1-4H3,(H,28,29). The Morgan fingerprint density at radius 3 is 2.24 bits per heavy atom. The number of anilines is 2. The number of aryl methyl sites for hydroxylation is 1. The summed E-state index contributed by atoms with van der Waals surface area (Å²) in [5.74, 6) is 3.14.